The van der Waals surface area contributed by atoms with E-state index in [1.54, 1.807) is 6.08 Å². The minimum atomic E-state index is -0.106. The number of hydrogen-bond donors (Lipinski definition) is 1. The molecule has 0 aromatic heterocycles. The first-order valence-electron chi connectivity index (χ1n) is 3.51. The molecule has 0 saturated carbocycles. The van der Waals surface area contributed by atoms with Crippen LogP contribution in [0.1, 0.15) is 13.3 Å². The van der Waals surface area contributed by atoms with Gasteiger partial charge in [0.1, 0.15) is 0 Å². The number of carbonyl (C=O) groups excluding carboxylic acids is 1. The van der Waals surface area contributed by atoms with Gasteiger partial charge >= 0.3 is 0 Å². The number of nitrogens with one attached hydrogen (secondary N) is 1. The predicted molar refractivity (Wildman–Crippen MR) is 54.8 cm³/mol. The maximum Gasteiger partial charge on any atom is 0.221 e. The Hall–Kier alpha value is -0.830. The van der Waals surface area contributed by atoms with Crippen LogP contribution in [0, 0.1) is 0 Å². The lowest BCUT2D eigenvalue weighted by molar-refractivity contribution is -0.118. The summed E-state index contributed by atoms with van der Waals surface area (Å²) < 4.78 is 0.666. The van der Waals surface area contributed by atoms with Crippen LogP contribution in [-0.2, 0) is 4.79 Å². The first-order valence-corrected chi connectivity index (χ1v) is 4.30. The third kappa shape index (κ3) is 4.91. The van der Waals surface area contributed by atoms with E-state index < -0.39 is 0 Å². The van der Waals surface area contributed by atoms with Gasteiger partial charge in [-0.05, 0) is 22.4 Å². The second-order valence-corrected chi connectivity index (χ2v) is 3.19. The highest BCUT2D eigenvalue weighted by atomic mass is 79.9. The first-order chi connectivity index (χ1) is 5.57. The van der Waals surface area contributed by atoms with Crippen LogP contribution < -0.4 is 5.32 Å². The first kappa shape index (κ1) is 11.2. The molecule has 0 aliphatic rings. The fraction of sp³-hybridized carbons (Fsp3) is 0.222. The molecule has 0 heterocycles. The predicted octanol–water partition coefficient (Wildman–Crippen LogP) is 2.49. The quantitative estimate of drug-likeness (QED) is 0.583. The highest BCUT2D eigenvalue weighted by Crippen LogP contribution is 2.12. The fourth-order valence-corrected chi connectivity index (χ4v) is 0.881. The van der Waals surface area contributed by atoms with E-state index >= 15 is 0 Å². The molecule has 0 aromatic rings. The van der Waals surface area contributed by atoms with Gasteiger partial charge in [-0.3, -0.25) is 4.79 Å². The van der Waals surface area contributed by atoms with Crippen molar-refractivity contribution in [1.29, 1.82) is 0 Å². The van der Waals surface area contributed by atoms with Crippen LogP contribution in [0.4, 0.5) is 0 Å². The van der Waals surface area contributed by atoms with E-state index in [9.17, 15) is 4.79 Å². The van der Waals surface area contributed by atoms with Gasteiger partial charge < -0.3 is 5.32 Å². The summed E-state index contributed by atoms with van der Waals surface area (Å²) in [4.78, 5) is 10.7. The summed E-state index contributed by atoms with van der Waals surface area (Å²) in [5.41, 5.74) is 0.697. The average Bonchev–Trinajstić information content (AvgIpc) is 1.96. The summed E-state index contributed by atoms with van der Waals surface area (Å²) >= 11 is 3.19. The largest absolute Gasteiger partial charge is 0.326 e. The van der Waals surface area contributed by atoms with Crippen LogP contribution in [0.15, 0.2) is 35.5 Å². The lowest BCUT2D eigenvalue weighted by Gasteiger charge is -2.04. The van der Waals surface area contributed by atoms with Gasteiger partial charge in [-0.1, -0.05) is 18.7 Å². The van der Waals surface area contributed by atoms with Crippen molar-refractivity contribution in [2.45, 2.75) is 13.3 Å². The summed E-state index contributed by atoms with van der Waals surface area (Å²) in [5, 5.41) is 2.64. The summed E-state index contributed by atoms with van der Waals surface area (Å²) in [6.45, 7) is 8.69. The van der Waals surface area contributed by atoms with Crippen LogP contribution in [0.2, 0.25) is 0 Å². The molecule has 0 bridgehead atoms. The monoisotopic (exact) mass is 229 g/mol. The van der Waals surface area contributed by atoms with Crippen molar-refractivity contribution >= 4 is 21.8 Å². The Morgan fingerprint density at radius 1 is 1.67 bits per heavy atom. The molecule has 0 aliphatic carbocycles. The van der Waals surface area contributed by atoms with E-state index in [1.165, 1.54) is 6.92 Å². The summed E-state index contributed by atoms with van der Waals surface area (Å²) in [6, 6.07) is 0. The third-order valence-electron chi connectivity index (χ3n) is 1.09. The molecule has 0 spiro atoms. The van der Waals surface area contributed by atoms with E-state index in [-0.39, 0.29) is 5.91 Å². The Morgan fingerprint density at radius 2 is 2.25 bits per heavy atom. The molecule has 1 N–H and O–H groups in total. The Balaban J connectivity index is 4.32. The van der Waals surface area contributed by atoms with Crippen LogP contribution in [0.25, 0.3) is 0 Å². The molecular formula is C9H12BrNO. The molecule has 0 aliphatic heterocycles. The zero-order chi connectivity index (χ0) is 9.56. The van der Waals surface area contributed by atoms with Gasteiger partial charge in [-0.25, -0.2) is 0 Å². The number of rotatable bonds is 4. The Morgan fingerprint density at radius 3 is 2.58 bits per heavy atom. The molecule has 3 heteroatoms. The molecule has 0 fully saturated rings. The summed E-state index contributed by atoms with van der Waals surface area (Å²) in [7, 11) is 0. The summed E-state index contributed by atoms with van der Waals surface area (Å²) in [6.07, 6.45) is 4.30. The Bertz CT molecular complexity index is 231. The fourth-order valence-electron chi connectivity index (χ4n) is 0.620. The molecule has 12 heavy (non-hydrogen) atoms. The smallest absolute Gasteiger partial charge is 0.221 e. The molecule has 1 amide bonds. The summed E-state index contributed by atoms with van der Waals surface area (Å²) in [5.74, 6) is -0.106. The Kier molecular flexibility index (Phi) is 5.37. The van der Waals surface area contributed by atoms with Crippen molar-refractivity contribution in [3.8, 4) is 0 Å². The number of allylic oxidation sites excluding steroid dienone is 3. The number of amides is 1. The van der Waals surface area contributed by atoms with Gasteiger partial charge in [0.15, 0.2) is 0 Å². The Labute approximate surface area is 81.2 Å². The van der Waals surface area contributed by atoms with E-state index in [0.29, 0.717) is 16.6 Å². The molecule has 0 rings (SSSR count). The average molecular weight is 230 g/mol. The molecule has 0 saturated heterocycles. The van der Waals surface area contributed by atoms with Crippen molar-refractivity contribution in [3.05, 3.63) is 35.5 Å². The molecule has 0 radical (unpaired) electrons. The highest BCUT2D eigenvalue weighted by Gasteiger charge is 1.99. The lowest BCUT2D eigenvalue weighted by atomic mass is 10.3. The zero-order valence-corrected chi connectivity index (χ0v) is 8.65. The van der Waals surface area contributed by atoms with Crippen molar-refractivity contribution in [3.63, 3.8) is 0 Å². The van der Waals surface area contributed by atoms with Crippen molar-refractivity contribution < 1.29 is 4.79 Å². The minimum Gasteiger partial charge on any atom is -0.326 e. The highest BCUT2D eigenvalue weighted by molar-refractivity contribution is 9.11. The van der Waals surface area contributed by atoms with Gasteiger partial charge in [0, 0.05) is 11.4 Å². The van der Waals surface area contributed by atoms with E-state index in [2.05, 4.69) is 34.4 Å². The van der Waals surface area contributed by atoms with Gasteiger partial charge in [0.2, 0.25) is 5.91 Å². The molecule has 0 aromatic carbocycles. The van der Waals surface area contributed by atoms with Crippen molar-refractivity contribution in [2.75, 3.05) is 0 Å². The van der Waals surface area contributed by atoms with Gasteiger partial charge in [-0.2, -0.15) is 0 Å². The van der Waals surface area contributed by atoms with Crippen molar-refractivity contribution in [1.82, 2.24) is 5.32 Å². The molecule has 0 unspecified atom stereocenters. The maximum absolute atomic E-state index is 10.7. The second-order valence-electron chi connectivity index (χ2n) is 2.23. The van der Waals surface area contributed by atoms with Gasteiger partial charge in [0.05, 0.1) is 5.70 Å². The van der Waals surface area contributed by atoms with E-state index in [0.717, 1.165) is 0 Å². The van der Waals surface area contributed by atoms with Gasteiger partial charge in [0.25, 0.3) is 0 Å². The second kappa shape index (κ2) is 5.77. The van der Waals surface area contributed by atoms with E-state index in [4.69, 9.17) is 0 Å². The topological polar surface area (TPSA) is 29.1 Å². The van der Waals surface area contributed by atoms with Crippen LogP contribution in [0.5, 0.6) is 0 Å². The SMILES string of the molecule is C=CCC=C(NC(C)=O)C(=C)Br. The van der Waals surface area contributed by atoms with Crippen LogP contribution in [-0.4, -0.2) is 5.91 Å². The number of hydrogen-bond acceptors (Lipinski definition) is 1. The molecule has 66 valence electrons. The van der Waals surface area contributed by atoms with Crippen LogP contribution in [0.3, 0.4) is 0 Å². The minimum absolute atomic E-state index is 0.106. The van der Waals surface area contributed by atoms with Crippen LogP contribution >= 0.6 is 15.9 Å². The lowest BCUT2D eigenvalue weighted by Crippen LogP contribution is -2.18. The van der Waals surface area contributed by atoms with E-state index in [1.807, 2.05) is 6.08 Å². The van der Waals surface area contributed by atoms with Crippen molar-refractivity contribution in [2.24, 2.45) is 0 Å². The molecular weight excluding hydrogens is 218 g/mol. The normalized spacial score (nSPS) is 10.7. The van der Waals surface area contributed by atoms with Gasteiger partial charge in [-0.15, -0.1) is 6.58 Å². The third-order valence-corrected chi connectivity index (χ3v) is 1.52. The standard InChI is InChI=1S/C9H12BrNO/c1-4-5-6-9(7(2)10)11-8(3)12/h4,6H,1-2,5H2,3H3,(H,11,12). The number of carbonyl (C=O) groups is 1. The maximum atomic E-state index is 10.7. The molecule has 0 atom stereocenters. The zero-order valence-electron chi connectivity index (χ0n) is 7.06. The number of halogens is 1. The molecule has 2 nitrogen and oxygen atoms in total.